The van der Waals surface area contributed by atoms with Gasteiger partial charge in [-0.3, -0.25) is 4.79 Å². The molecule has 1 aromatic heterocycles. The maximum atomic E-state index is 12.6. The van der Waals surface area contributed by atoms with Gasteiger partial charge in [0.25, 0.3) is 5.91 Å². The largest absolute Gasteiger partial charge is 0.396 e. The number of fused-ring (bicyclic) bond motifs is 1. The maximum Gasteiger partial charge on any atom is 0.256 e. The number of likely N-dealkylation sites (tertiary alicyclic amines) is 1. The molecule has 4 nitrogen and oxygen atoms in total. The highest BCUT2D eigenvalue weighted by molar-refractivity contribution is 6.07. The van der Waals surface area contributed by atoms with Gasteiger partial charge < -0.3 is 14.6 Å². The van der Waals surface area contributed by atoms with Crippen molar-refractivity contribution in [2.24, 2.45) is 13.0 Å². The molecule has 2 heterocycles. The van der Waals surface area contributed by atoms with Crippen LogP contribution in [-0.2, 0) is 7.05 Å². The summed E-state index contributed by atoms with van der Waals surface area (Å²) in [7, 11) is 1.96. The van der Waals surface area contributed by atoms with Crippen molar-refractivity contribution in [2.75, 3.05) is 19.7 Å². The Kier molecular flexibility index (Phi) is 3.03. The van der Waals surface area contributed by atoms with Crippen LogP contribution in [0.3, 0.4) is 0 Å². The van der Waals surface area contributed by atoms with Crippen molar-refractivity contribution in [3.8, 4) is 0 Å². The number of carbonyl (C=O) groups is 1. The first-order chi connectivity index (χ1) is 9.20. The molecule has 2 aromatic rings. The molecular formula is C15H18N2O2. The zero-order valence-electron chi connectivity index (χ0n) is 11.0. The van der Waals surface area contributed by atoms with Crippen LogP contribution < -0.4 is 0 Å². The summed E-state index contributed by atoms with van der Waals surface area (Å²) in [4.78, 5) is 14.4. The molecule has 1 aliphatic heterocycles. The lowest BCUT2D eigenvalue weighted by molar-refractivity contribution is 0.0783. The molecule has 19 heavy (non-hydrogen) atoms. The van der Waals surface area contributed by atoms with E-state index in [1.54, 1.807) is 0 Å². The number of hydrogen-bond donors (Lipinski definition) is 1. The number of amides is 1. The lowest BCUT2D eigenvalue weighted by Gasteiger charge is -2.15. The van der Waals surface area contributed by atoms with Gasteiger partial charge in [-0.2, -0.15) is 0 Å². The molecule has 0 saturated carbocycles. The number of aromatic nitrogens is 1. The second-order valence-electron chi connectivity index (χ2n) is 5.26. The number of nitrogens with zero attached hydrogens (tertiary/aromatic N) is 2. The fourth-order valence-corrected chi connectivity index (χ4v) is 2.85. The van der Waals surface area contributed by atoms with Gasteiger partial charge in [0, 0.05) is 49.8 Å². The number of aliphatic hydroxyl groups is 1. The van der Waals surface area contributed by atoms with Gasteiger partial charge in [-0.05, 0) is 12.5 Å². The number of carbonyl (C=O) groups excluding carboxylic acids is 1. The van der Waals surface area contributed by atoms with Crippen molar-refractivity contribution in [3.63, 3.8) is 0 Å². The molecule has 1 saturated heterocycles. The van der Waals surface area contributed by atoms with E-state index in [0.717, 1.165) is 29.4 Å². The molecule has 1 amide bonds. The van der Waals surface area contributed by atoms with Crippen LogP contribution in [0.2, 0.25) is 0 Å². The van der Waals surface area contributed by atoms with E-state index in [4.69, 9.17) is 5.11 Å². The van der Waals surface area contributed by atoms with E-state index in [9.17, 15) is 4.79 Å². The van der Waals surface area contributed by atoms with E-state index >= 15 is 0 Å². The Bertz CT molecular complexity index is 618. The van der Waals surface area contributed by atoms with Crippen LogP contribution in [0.25, 0.3) is 10.9 Å². The van der Waals surface area contributed by atoms with Crippen LogP contribution >= 0.6 is 0 Å². The molecule has 0 spiro atoms. The second kappa shape index (κ2) is 4.70. The summed E-state index contributed by atoms with van der Waals surface area (Å²) < 4.78 is 1.99. The molecule has 1 aromatic carbocycles. The average Bonchev–Trinajstić information content (AvgIpc) is 3.04. The van der Waals surface area contributed by atoms with Crippen LogP contribution in [0.4, 0.5) is 0 Å². The Morgan fingerprint density at radius 1 is 1.42 bits per heavy atom. The van der Waals surface area contributed by atoms with E-state index in [-0.39, 0.29) is 18.4 Å². The van der Waals surface area contributed by atoms with Gasteiger partial charge in [0.15, 0.2) is 0 Å². The summed E-state index contributed by atoms with van der Waals surface area (Å²) in [5.41, 5.74) is 1.83. The summed E-state index contributed by atoms with van der Waals surface area (Å²) in [5, 5.41) is 10.2. The zero-order chi connectivity index (χ0) is 13.4. The minimum atomic E-state index is 0.0766. The summed E-state index contributed by atoms with van der Waals surface area (Å²) in [5.74, 6) is 0.312. The normalized spacial score (nSPS) is 19.3. The van der Waals surface area contributed by atoms with Crippen LogP contribution in [0.15, 0.2) is 30.5 Å². The lowest BCUT2D eigenvalue weighted by Crippen LogP contribution is -2.29. The first-order valence-corrected chi connectivity index (χ1v) is 6.65. The molecule has 0 bridgehead atoms. The monoisotopic (exact) mass is 258 g/mol. The highest BCUT2D eigenvalue weighted by Gasteiger charge is 2.27. The molecule has 4 heteroatoms. The highest BCUT2D eigenvalue weighted by atomic mass is 16.3. The lowest BCUT2D eigenvalue weighted by atomic mass is 10.1. The number of hydrogen-bond acceptors (Lipinski definition) is 2. The molecule has 1 N–H and O–H groups in total. The topological polar surface area (TPSA) is 45.5 Å². The fourth-order valence-electron chi connectivity index (χ4n) is 2.85. The third-order valence-electron chi connectivity index (χ3n) is 3.96. The molecule has 0 unspecified atom stereocenters. The molecule has 1 fully saturated rings. The van der Waals surface area contributed by atoms with E-state index in [2.05, 4.69) is 0 Å². The van der Waals surface area contributed by atoms with Crippen LogP contribution in [-0.4, -0.2) is 40.2 Å². The number of para-hydroxylation sites is 1. The van der Waals surface area contributed by atoms with Gasteiger partial charge in [0.1, 0.15) is 0 Å². The van der Waals surface area contributed by atoms with Gasteiger partial charge in [0.2, 0.25) is 0 Å². The average molecular weight is 258 g/mol. The van der Waals surface area contributed by atoms with E-state index in [0.29, 0.717) is 6.54 Å². The van der Waals surface area contributed by atoms with Crippen LogP contribution in [0.1, 0.15) is 16.8 Å². The Labute approximate surface area is 112 Å². The molecule has 1 aliphatic rings. The van der Waals surface area contributed by atoms with Gasteiger partial charge in [0.05, 0.1) is 5.56 Å². The third-order valence-corrected chi connectivity index (χ3v) is 3.96. The van der Waals surface area contributed by atoms with Crippen LogP contribution in [0.5, 0.6) is 0 Å². The molecule has 1 atom stereocenters. The summed E-state index contributed by atoms with van der Waals surface area (Å²) in [6.07, 6.45) is 2.80. The Hall–Kier alpha value is -1.81. The minimum Gasteiger partial charge on any atom is -0.396 e. The van der Waals surface area contributed by atoms with Crippen molar-refractivity contribution < 1.29 is 9.90 Å². The predicted molar refractivity (Wildman–Crippen MR) is 74.0 cm³/mol. The summed E-state index contributed by atoms with van der Waals surface area (Å²) >= 11 is 0. The summed E-state index contributed by atoms with van der Waals surface area (Å²) in [6.45, 7) is 1.57. The number of aryl methyl sites for hydroxylation is 1. The van der Waals surface area contributed by atoms with Crippen LogP contribution in [0, 0.1) is 5.92 Å². The highest BCUT2D eigenvalue weighted by Crippen LogP contribution is 2.24. The molecule has 100 valence electrons. The summed E-state index contributed by atoms with van der Waals surface area (Å²) in [6, 6.07) is 7.95. The van der Waals surface area contributed by atoms with Gasteiger partial charge in [-0.15, -0.1) is 0 Å². The molecule has 3 rings (SSSR count). The van der Waals surface area contributed by atoms with E-state index in [1.165, 1.54) is 0 Å². The Balaban J connectivity index is 1.94. The number of benzene rings is 1. The van der Waals surface area contributed by atoms with Gasteiger partial charge >= 0.3 is 0 Å². The maximum absolute atomic E-state index is 12.6. The first kappa shape index (κ1) is 12.2. The Morgan fingerprint density at radius 3 is 2.95 bits per heavy atom. The zero-order valence-corrected chi connectivity index (χ0v) is 11.0. The van der Waals surface area contributed by atoms with Crippen molar-refractivity contribution in [1.29, 1.82) is 0 Å². The van der Waals surface area contributed by atoms with Crippen molar-refractivity contribution in [3.05, 3.63) is 36.0 Å². The molecule has 0 radical (unpaired) electrons. The molecule has 0 aliphatic carbocycles. The van der Waals surface area contributed by atoms with Crippen molar-refractivity contribution in [1.82, 2.24) is 9.47 Å². The SMILES string of the molecule is Cn1cc(C(=O)N2CC[C@H](CO)C2)c2ccccc21. The van der Waals surface area contributed by atoms with Gasteiger partial charge in [-0.1, -0.05) is 18.2 Å². The molecular weight excluding hydrogens is 240 g/mol. The van der Waals surface area contributed by atoms with Gasteiger partial charge in [-0.25, -0.2) is 0 Å². The second-order valence-corrected chi connectivity index (χ2v) is 5.26. The van der Waals surface area contributed by atoms with E-state index in [1.807, 2.05) is 47.0 Å². The quantitative estimate of drug-likeness (QED) is 0.890. The third kappa shape index (κ3) is 2.02. The number of aliphatic hydroxyl groups excluding tert-OH is 1. The minimum absolute atomic E-state index is 0.0766. The standard InChI is InChI=1S/C15H18N2O2/c1-16-9-13(12-4-2-3-5-14(12)16)15(19)17-7-6-11(8-17)10-18/h2-5,9,11,18H,6-8,10H2,1H3/t11-/m0/s1. The fraction of sp³-hybridized carbons (Fsp3) is 0.400. The predicted octanol–water partition coefficient (Wildman–Crippen LogP) is 1.63. The van der Waals surface area contributed by atoms with Crippen molar-refractivity contribution >= 4 is 16.8 Å². The smallest absolute Gasteiger partial charge is 0.256 e. The first-order valence-electron chi connectivity index (χ1n) is 6.65. The number of rotatable bonds is 2. The van der Waals surface area contributed by atoms with E-state index < -0.39 is 0 Å². The Morgan fingerprint density at radius 2 is 2.21 bits per heavy atom. The van der Waals surface area contributed by atoms with Crippen molar-refractivity contribution in [2.45, 2.75) is 6.42 Å².